The zero-order chi connectivity index (χ0) is 27.1. The molecule has 1 N–H and O–H groups in total. The third-order valence-corrected chi connectivity index (χ3v) is 6.02. The SMILES string of the molecule is C.CCOC(=O)C(Br)C(C)C.CCOC(=O)C(C(C)C)n1ccc(C)cc1=O.Cc1cc[nH]c(=O)c1. The summed E-state index contributed by atoms with van der Waals surface area (Å²) < 4.78 is 11.2. The number of H-pyrrole nitrogens is 1. The molecule has 0 aliphatic rings. The molecule has 204 valence electrons. The van der Waals surface area contributed by atoms with Crippen molar-refractivity contribution in [3.8, 4) is 0 Å². The smallest absolute Gasteiger partial charge is 0.329 e. The van der Waals surface area contributed by atoms with E-state index < -0.39 is 6.04 Å². The molecule has 0 spiro atoms. The molecule has 0 saturated heterocycles. The van der Waals surface area contributed by atoms with Crippen LogP contribution in [0.3, 0.4) is 0 Å². The molecular weight excluding hydrogens is 528 g/mol. The van der Waals surface area contributed by atoms with Gasteiger partial charge in [-0.1, -0.05) is 51.1 Å². The Morgan fingerprint density at radius 2 is 1.44 bits per heavy atom. The maximum absolute atomic E-state index is 11.8. The number of aryl methyl sites for hydroxylation is 2. The van der Waals surface area contributed by atoms with Gasteiger partial charge in [-0.2, -0.15) is 0 Å². The highest BCUT2D eigenvalue weighted by molar-refractivity contribution is 9.10. The van der Waals surface area contributed by atoms with Gasteiger partial charge < -0.3 is 19.0 Å². The molecule has 2 atom stereocenters. The van der Waals surface area contributed by atoms with Gasteiger partial charge in [0, 0.05) is 24.5 Å². The first kappa shape index (κ1) is 35.5. The van der Waals surface area contributed by atoms with Gasteiger partial charge in [0.1, 0.15) is 10.9 Å². The highest BCUT2D eigenvalue weighted by atomic mass is 79.9. The van der Waals surface area contributed by atoms with Crippen LogP contribution in [0.2, 0.25) is 0 Å². The minimum atomic E-state index is -0.553. The number of aromatic amines is 1. The number of carbonyl (C=O) groups excluding carboxylic acids is 2. The van der Waals surface area contributed by atoms with Crippen molar-refractivity contribution in [1.82, 2.24) is 9.55 Å². The van der Waals surface area contributed by atoms with E-state index in [1.54, 1.807) is 32.3 Å². The second-order valence-electron chi connectivity index (χ2n) is 8.52. The minimum absolute atomic E-state index is 0. The Labute approximate surface area is 223 Å². The largest absolute Gasteiger partial charge is 0.465 e. The van der Waals surface area contributed by atoms with E-state index >= 15 is 0 Å². The number of carbonyl (C=O) groups is 2. The summed E-state index contributed by atoms with van der Waals surface area (Å²) in [5.41, 5.74) is 1.67. The number of aromatic nitrogens is 2. The molecule has 36 heavy (non-hydrogen) atoms. The van der Waals surface area contributed by atoms with Crippen molar-refractivity contribution in [2.24, 2.45) is 11.8 Å². The van der Waals surface area contributed by atoms with Crippen molar-refractivity contribution in [3.63, 3.8) is 0 Å². The van der Waals surface area contributed by atoms with Crippen LogP contribution in [0.25, 0.3) is 0 Å². The highest BCUT2D eigenvalue weighted by Crippen LogP contribution is 2.17. The molecule has 0 amide bonds. The van der Waals surface area contributed by atoms with E-state index in [2.05, 4.69) is 20.9 Å². The fraction of sp³-hybridized carbons (Fsp3) is 0.556. The van der Waals surface area contributed by atoms with Gasteiger partial charge in [-0.05, 0) is 62.8 Å². The van der Waals surface area contributed by atoms with Crippen LogP contribution in [0.1, 0.15) is 66.1 Å². The standard InChI is InChI=1S/C13H19NO3.C7H13BrO2.C6H7NO.CH4/c1-5-17-13(16)12(9(2)3)14-7-6-10(4)8-11(14)15;1-4-10-7(9)6(8)5(2)3;1-5-2-3-7-6(8)4-5;/h6-9,12H,5H2,1-4H3;5-6H,4H2,1-3H3;2-4H,1H3,(H,7,8);1H4. The van der Waals surface area contributed by atoms with E-state index in [9.17, 15) is 19.2 Å². The summed E-state index contributed by atoms with van der Waals surface area (Å²) >= 11 is 3.23. The number of esters is 2. The van der Waals surface area contributed by atoms with E-state index in [0.29, 0.717) is 19.1 Å². The molecule has 2 aromatic rings. The fourth-order valence-electron chi connectivity index (χ4n) is 2.80. The highest BCUT2D eigenvalue weighted by Gasteiger charge is 2.26. The third kappa shape index (κ3) is 13.4. The number of nitrogens with one attached hydrogen (secondary N) is 1. The van der Waals surface area contributed by atoms with Gasteiger partial charge in [-0.15, -0.1) is 0 Å². The number of pyridine rings is 2. The van der Waals surface area contributed by atoms with Crippen molar-refractivity contribution < 1.29 is 19.1 Å². The zero-order valence-electron chi connectivity index (χ0n) is 22.0. The lowest BCUT2D eigenvalue weighted by Gasteiger charge is -2.21. The lowest BCUT2D eigenvalue weighted by atomic mass is 10.0. The van der Waals surface area contributed by atoms with Crippen LogP contribution in [0.4, 0.5) is 0 Å². The van der Waals surface area contributed by atoms with Crippen LogP contribution in [-0.2, 0) is 19.1 Å². The second kappa shape index (κ2) is 18.6. The molecule has 2 unspecified atom stereocenters. The molecule has 2 aromatic heterocycles. The van der Waals surface area contributed by atoms with Crippen LogP contribution in [0, 0.1) is 25.7 Å². The number of halogens is 1. The van der Waals surface area contributed by atoms with Gasteiger partial charge in [-0.25, -0.2) is 4.79 Å². The van der Waals surface area contributed by atoms with E-state index in [-0.39, 0.29) is 41.2 Å². The van der Waals surface area contributed by atoms with Gasteiger partial charge in [0.2, 0.25) is 5.56 Å². The maximum Gasteiger partial charge on any atom is 0.329 e. The number of ether oxygens (including phenoxy) is 2. The first-order valence-electron chi connectivity index (χ1n) is 11.7. The van der Waals surface area contributed by atoms with E-state index in [1.165, 1.54) is 10.6 Å². The average Bonchev–Trinajstić information content (AvgIpc) is 2.76. The van der Waals surface area contributed by atoms with Crippen molar-refractivity contribution >= 4 is 27.9 Å². The number of hydrogen-bond acceptors (Lipinski definition) is 6. The van der Waals surface area contributed by atoms with Crippen LogP contribution in [0.5, 0.6) is 0 Å². The molecule has 9 heteroatoms. The summed E-state index contributed by atoms with van der Waals surface area (Å²) in [5.74, 6) is -0.223. The Bertz CT molecular complexity index is 1030. The number of alkyl halides is 1. The summed E-state index contributed by atoms with van der Waals surface area (Å²) in [6.07, 6.45) is 3.29. The fourth-order valence-corrected chi connectivity index (χ4v) is 2.93. The number of hydrogen-bond donors (Lipinski definition) is 1. The van der Waals surface area contributed by atoms with Gasteiger partial charge in [0.05, 0.1) is 13.2 Å². The van der Waals surface area contributed by atoms with Gasteiger partial charge in [0.25, 0.3) is 5.56 Å². The first-order chi connectivity index (χ1) is 16.3. The van der Waals surface area contributed by atoms with E-state index in [4.69, 9.17) is 9.47 Å². The molecule has 0 radical (unpaired) electrons. The second-order valence-corrected chi connectivity index (χ2v) is 9.51. The first-order valence-corrected chi connectivity index (χ1v) is 12.6. The predicted molar refractivity (Wildman–Crippen MR) is 149 cm³/mol. The Kier molecular flexibility index (Phi) is 18.3. The summed E-state index contributed by atoms with van der Waals surface area (Å²) in [6.45, 7) is 15.8. The van der Waals surface area contributed by atoms with Crippen molar-refractivity contribution in [2.75, 3.05) is 13.2 Å². The van der Waals surface area contributed by atoms with Crippen molar-refractivity contribution in [1.29, 1.82) is 0 Å². The lowest BCUT2D eigenvalue weighted by Crippen LogP contribution is -2.33. The minimum Gasteiger partial charge on any atom is -0.465 e. The monoisotopic (exact) mass is 570 g/mol. The van der Waals surface area contributed by atoms with Crippen LogP contribution < -0.4 is 11.1 Å². The third-order valence-electron chi connectivity index (χ3n) is 4.59. The zero-order valence-corrected chi connectivity index (χ0v) is 23.5. The molecule has 2 rings (SSSR count). The molecule has 0 bridgehead atoms. The summed E-state index contributed by atoms with van der Waals surface area (Å²) in [4.78, 5) is 47.4. The van der Waals surface area contributed by atoms with Crippen molar-refractivity contribution in [3.05, 3.63) is 68.5 Å². The molecule has 0 aromatic carbocycles. The normalized spacial score (nSPS) is 11.6. The molecule has 2 heterocycles. The number of rotatable bonds is 7. The summed E-state index contributed by atoms with van der Waals surface area (Å²) in [7, 11) is 0. The molecular formula is C27H43BrN2O6. The van der Waals surface area contributed by atoms with Gasteiger partial charge in [0.15, 0.2) is 0 Å². The van der Waals surface area contributed by atoms with Crippen LogP contribution in [-0.4, -0.2) is 39.5 Å². The van der Waals surface area contributed by atoms with Crippen LogP contribution in [0.15, 0.2) is 46.2 Å². The van der Waals surface area contributed by atoms with Crippen molar-refractivity contribution in [2.45, 2.75) is 73.7 Å². The van der Waals surface area contributed by atoms with E-state index in [0.717, 1.165) is 11.1 Å². The number of nitrogens with zero attached hydrogens (tertiary/aromatic N) is 1. The summed E-state index contributed by atoms with van der Waals surface area (Å²) in [6, 6.07) is 6.19. The molecule has 0 fully saturated rings. The topological polar surface area (TPSA) is 107 Å². The van der Waals surface area contributed by atoms with Gasteiger partial charge >= 0.3 is 11.9 Å². The Morgan fingerprint density at radius 1 is 0.917 bits per heavy atom. The Hall–Kier alpha value is -2.68. The summed E-state index contributed by atoms with van der Waals surface area (Å²) in [5, 5.41) is 0. The quantitative estimate of drug-likeness (QED) is 0.362. The van der Waals surface area contributed by atoms with Crippen LogP contribution >= 0.6 is 15.9 Å². The lowest BCUT2D eigenvalue weighted by molar-refractivity contribution is -0.148. The molecule has 0 aliphatic carbocycles. The molecule has 0 aliphatic heterocycles. The molecule has 0 saturated carbocycles. The Balaban J connectivity index is 0. The molecule has 8 nitrogen and oxygen atoms in total. The predicted octanol–water partition coefficient (Wildman–Crippen LogP) is 5.21. The van der Waals surface area contributed by atoms with Gasteiger partial charge in [-0.3, -0.25) is 14.4 Å². The van der Waals surface area contributed by atoms with E-state index in [1.807, 2.05) is 53.7 Å². The Morgan fingerprint density at radius 3 is 1.83 bits per heavy atom. The average molecular weight is 572 g/mol. The maximum atomic E-state index is 11.8.